The number of amidine groups is 2. The maximum Gasteiger partial charge on any atom is 0.193 e. The van der Waals surface area contributed by atoms with E-state index in [1.807, 2.05) is 0 Å². The smallest absolute Gasteiger partial charge is 0.193 e. The molecule has 0 aliphatic carbocycles. The molecule has 30 heavy (non-hydrogen) atoms. The van der Waals surface area contributed by atoms with Crippen molar-refractivity contribution in [1.82, 2.24) is 20.0 Å². The van der Waals surface area contributed by atoms with Crippen LogP contribution in [0.4, 0.5) is 0 Å². The number of hydrogen-bond acceptors (Lipinski definition) is 7. The van der Waals surface area contributed by atoms with Crippen molar-refractivity contribution in [2.45, 2.75) is 38.5 Å². The Kier molecular flexibility index (Phi) is 5.08. The maximum atomic E-state index is 5.14. The minimum atomic E-state index is 0.723. The Balaban J connectivity index is 1.07. The van der Waals surface area contributed by atoms with Gasteiger partial charge in [-0.25, -0.2) is 0 Å². The van der Waals surface area contributed by atoms with Gasteiger partial charge in [-0.05, 0) is 49.4 Å². The highest BCUT2D eigenvalue weighted by atomic mass is 15.3. The van der Waals surface area contributed by atoms with Crippen molar-refractivity contribution in [2.75, 3.05) is 65.4 Å². The Bertz CT molecular complexity index is 744. The topological polar surface area (TPSA) is 58.8 Å². The summed E-state index contributed by atoms with van der Waals surface area (Å²) in [5.74, 6) is 6.97. The number of aliphatic imine (C=N–C) groups is 3. The monoisotopic (exact) mass is 411 g/mol. The molecule has 7 heteroatoms. The Morgan fingerprint density at radius 1 is 0.700 bits per heavy atom. The van der Waals surface area contributed by atoms with Crippen molar-refractivity contribution in [2.24, 2.45) is 38.6 Å². The van der Waals surface area contributed by atoms with E-state index in [1.54, 1.807) is 0 Å². The Morgan fingerprint density at radius 2 is 1.53 bits per heavy atom. The van der Waals surface area contributed by atoms with Crippen LogP contribution in [0.2, 0.25) is 0 Å². The molecule has 4 unspecified atom stereocenters. The van der Waals surface area contributed by atoms with Crippen LogP contribution < -0.4 is 5.32 Å². The van der Waals surface area contributed by atoms with Gasteiger partial charge >= 0.3 is 0 Å². The molecule has 6 heterocycles. The van der Waals surface area contributed by atoms with E-state index in [0.717, 1.165) is 55.8 Å². The van der Waals surface area contributed by atoms with Gasteiger partial charge in [-0.2, -0.15) is 0 Å². The number of fused-ring (bicyclic) bond motifs is 3. The minimum Gasteiger partial charge on any atom is -0.360 e. The van der Waals surface area contributed by atoms with E-state index in [2.05, 4.69) is 25.0 Å². The first-order chi connectivity index (χ1) is 14.8. The zero-order valence-electron chi connectivity index (χ0n) is 18.3. The molecule has 164 valence electrons. The summed E-state index contributed by atoms with van der Waals surface area (Å²) < 4.78 is 0. The van der Waals surface area contributed by atoms with Gasteiger partial charge in [-0.1, -0.05) is 0 Å². The van der Waals surface area contributed by atoms with E-state index in [4.69, 9.17) is 9.98 Å². The summed E-state index contributed by atoms with van der Waals surface area (Å²) in [6.45, 7) is 11.4. The van der Waals surface area contributed by atoms with Crippen LogP contribution in [0, 0.1) is 23.7 Å². The molecule has 0 radical (unpaired) electrons. The van der Waals surface area contributed by atoms with Crippen LogP contribution in [0.15, 0.2) is 15.0 Å². The fourth-order valence-corrected chi connectivity index (χ4v) is 6.65. The van der Waals surface area contributed by atoms with Crippen LogP contribution >= 0.6 is 0 Å². The molecule has 6 rings (SSSR count). The van der Waals surface area contributed by atoms with Crippen LogP contribution in [0.25, 0.3) is 0 Å². The Morgan fingerprint density at radius 3 is 2.50 bits per heavy atom. The average molecular weight is 412 g/mol. The van der Waals surface area contributed by atoms with Gasteiger partial charge in [0, 0.05) is 78.3 Å². The molecular weight excluding hydrogens is 374 g/mol. The molecule has 3 saturated heterocycles. The van der Waals surface area contributed by atoms with Gasteiger partial charge in [0.25, 0.3) is 0 Å². The lowest BCUT2D eigenvalue weighted by molar-refractivity contribution is 0.192. The molecule has 6 aliphatic heterocycles. The van der Waals surface area contributed by atoms with E-state index < -0.39 is 0 Å². The lowest BCUT2D eigenvalue weighted by atomic mass is 9.85. The largest absolute Gasteiger partial charge is 0.360 e. The second-order valence-electron chi connectivity index (χ2n) is 10.3. The summed E-state index contributed by atoms with van der Waals surface area (Å²) in [6.07, 6.45) is 7.46. The number of nitrogens with zero attached hydrogens (tertiary/aromatic N) is 6. The lowest BCUT2D eigenvalue weighted by Crippen LogP contribution is -2.55. The molecule has 6 aliphatic rings. The summed E-state index contributed by atoms with van der Waals surface area (Å²) in [6, 6.07) is 0. The zero-order valence-corrected chi connectivity index (χ0v) is 18.3. The van der Waals surface area contributed by atoms with Gasteiger partial charge in [0.2, 0.25) is 0 Å². The molecule has 0 amide bonds. The first kappa shape index (κ1) is 18.9. The van der Waals surface area contributed by atoms with Crippen LogP contribution in [-0.2, 0) is 0 Å². The minimum absolute atomic E-state index is 0.723. The molecule has 0 spiro atoms. The highest BCUT2D eigenvalue weighted by molar-refractivity contribution is 5.85. The molecule has 7 nitrogen and oxygen atoms in total. The number of rotatable bonds is 2. The van der Waals surface area contributed by atoms with Crippen molar-refractivity contribution in [1.29, 1.82) is 0 Å². The molecular formula is C23H37N7. The Hall–Kier alpha value is -1.79. The molecule has 0 aromatic heterocycles. The lowest BCUT2D eigenvalue weighted by Gasteiger charge is -2.40. The van der Waals surface area contributed by atoms with Gasteiger partial charge in [0.05, 0.1) is 11.7 Å². The third kappa shape index (κ3) is 3.58. The second-order valence-corrected chi connectivity index (χ2v) is 10.3. The van der Waals surface area contributed by atoms with Gasteiger partial charge < -0.3 is 20.0 Å². The summed E-state index contributed by atoms with van der Waals surface area (Å²) in [5.41, 5.74) is 0. The molecule has 0 saturated carbocycles. The summed E-state index contributed by atoms with van der Waals surface area (Å²) in [4.78, 5) is 22.3. The molecule has 0 aromatic carbocycles. The fraction of sp³-hybridized carbons (Fsp3) is 0.870. The zero-order chi connectivity index (χ0) is 19.9. The van der Waals surface area contributed by atoms with Gasteiger partial charge in [0.15, 0.2) is 5.96 Å². The summed E-state index contributed by atoms with van der Waals surface area (Å²) in [7, 11) is 0. The van der Waals surface area contributed by atoms with E-state index in [-0.39, 0.29) is 0 Å². The molecule has 4 atom stereocenters. The average Bonchev–Trinajstić information content (AvgIpc) is 3.11. The second kappa shape index (κ2) is 8.04. The maximum absolute atomic E-state index is 5.14. The van der Waals surface area contributed by atoms with Crippen molar-refractivity contribution < 1.29 is 0 Å². The predicted octanol–water partition coefficient (Wildman–Crippen LogP) is 1.52. The van der Waals surface area contributed by atoms with E-state index in [0.29, 0.717) is 0 Å². The normalized spacial score (nSPS) is 36.5. The molecule has 0 aromatic rings. The number of guanidine groups is 1. The van der Waals surface area contributed by atoms with Crippen molar-refractivity contribution >= 4 is 17.6 Å². The molecule has 3 fully saturated rings. The number of nitrogens with one attached hydrogen (secondary N) is 1. The van der Waals surface area contributed by atoms with Crippen LogP contribution in [-0.4, -0.2) is 97.8 Å². The SMILES string of the molecule is C1CN=C2CCC(C3CN=C4CC(C5CNC6=NCCCN6C5)CN4C3)CCN2C1. The first-order valence-electron chi connectivity index (χ1n) is 12.4. The Labute approximate surface area is 180 Å². The van der Waals surface area contributed by atoms with Gasteiger partial charge in [-0.15, -0.1) is 0 Å². The van der Waals surface area contributed by atoms with E-state index in [9.17, 15) is 0 Å². The van der Waals surface area contributed by atoms with Crippen LogP contribution in [0.5, 0.6) is 0 Å². The van der Waals surface area contributed by atoms with Crippen LogP contribution in [0.3, 0.4) is 0 Å². The van der Waals surface area contributed by atoms with Crippen molar-refractivity contribution in [3.8, 4) is 0 Å². The molecule has 0 bridgehead atoms. The predicted molar refractivity (Wildman–Crippen MR) is 121 cm³/mol. The summed E-state index contributed by atoms with van der Waals surface area (Å²) >= 11 is 0. The highest BCUT2D eigenvalue weighted by Crippen LogP contribution is 2.35. The fourth-order valence-electron chi connectivity index (χ4n) is 6.65. The standard InChI is InChI=1S/C23H37N7/c1-6-24-21-4-3-17(5-10-28(21)8-1)19-12-26-22-11-18(14-30(22)16-19)20-13-27-23-25-7-2-9-29(23)15-20/h17-20H,1-16H2,(H,25,27). The van der Waals surface area contributed by atoms with E-state index >= 15 is 0 Å². The third-order valence-electron chi connectivity index (χ3n) is 8.44. The van der Waals surface area contributed by atoms with Gasteiger partial charge in [-0.3, -0.25) is 15.0 Å². The van der Waals surface area contributed by atoms with Crippen molar-refractivity contribution in [3.05, 3.63) is 0 Å². The van der Waals surface area contributed by atoms with Gasteiger partial charge in [0.1, 0.15) is 0 Å². The van der Waals surface area contributed by atoms with E-state index in [1.165, 1.54) is 89.5 Å². The first-order valence-corrected chi connectivity index (χ1v) is 12.4. The molecule has 1 N–H and O–H groups in total. The number of hydrogen-bond donors (Lipinski definition) is 1. The quantitative estimate of drug-likeness (QED) is 0.749. The summed E-state index contributed by atoms with van der Waals surface area (Å²) in [5, 5.41) is 3.62. The highest BCUT2D eigenvalue weighted by Gasteiger charge is 2.40. The van der Waals surface area contributed by atoms with Crippen molar-refractivity contribution in [3.63, 3.8) is 0 Å². The van der Waals surface area contributed by atoms with Crippen LogP contribution in [0.1, 0.15) is 38.5 Å². The third-order valence-corrected chi connectivity index (χ3v) is 8.44.